The number of benzene rings is 1. The van der Waals surface area contributed by atoms with Crippen molar-refractivity contribution >= 4 is 23.6 Å². The molecule has 1 amide bonds. The standard InChI is InChI=1S/C18H25NO3S/c1-14-8-6-7-11-16(14)23-13-18(21)22-12-17(20)19-15-9-4-2-3-5-10-15/h6-8,11,15H,2-5,9-10,12-13H2,1H3,(H,19,20). The van der Waals surface area contributed by atoms with E-state index in [9.17, 15) is 9.59 Å². The Morgan fingerprint density at radius 3 is 2.57 bits per heavy atom. The quantitative estimate of drug-likeness (QED) is 0.491. The molecule has 2 rings (SSSR count). The van der Waals surface area contributed by atoms with E-state index in [1.165, 1.54) is 24.6 Å². The Kier molecular flexibility index (Phi) is 7.46. The predicted octanol–water partition coefficient (Wildman–Crippen LogP) is 3.47. The Labute approximate surface area is 142 Å². The summed E-state index contributed by atoms with van der Waals surface area (Å²) in [5.41, 5.74) is 1.14. The number of carbonyl (C=O) groups is 2. The van der Waals surface area contributed by atoms with Gasteiger partial charge in [0.05, 0.1) is 5.75 Å². The van der Waals surface area contributed by atoms with Crippen molar-refractivity contribution in [2.75, 3.05) is 12.4 Å². The molecule has 23 heavy (non-hydrogen) atoms. The average molecular weight is 335 g/mol. The third-order valence-electron chi connectivity index (χ3n) is 4.02. The molecule has 1 aliphatic carbocycles. The number of ether oxygens (including phenoxy) is 1. The minimum atomic E-state index is -0.353. The molecule has 1 fully saturated rings. The Bertz CT molecular complexity index is 525. The zero-order chi connectivity index (χ0) is 16.5. The normalized spacial score (nSPS) is 15.7. The maximum absolute atomic E-state index is 11.9. The van der Waals surface area contributed by atoms with Gasteiger partial charge in [0.1, 0.15) is 0 Å². The molecule has 1 N–H and O–H groups in total. The number of aryl methyl sites for hydroxylation is 1. The second-order valence-corrected chi connectivity index (χ2v) is 6.99. The summed E-state index contributed by atoms with van der Waals surface area (Å²) in [7, 11) is 0. The largest absolute Gasteiger partial charge is 0.455 e. The molecule has 0 heterocycles. The first-order valence-electron chi connectivity index (χ1n) is 8.28. The number of rotatable bonds is 6. The van der Waals surface area contributed by atoms with Crippen LogP contribution in [0, 0.1) is 6.92 Å². The molecule has 0 bridgehead atoms. The van der Waals surface area contributed by atoms with Crippen LogP contribution in [0.5, 0.6) is 0 Å². The molecule has 126 valence electrons. The highest BCUT2D eigenvalue weighted by Crippen LogP contribution is 2.21. The van der Waals surface area contributed by atoms with Crippen LogP contribution in [0.2, 0.25) is 0 Å². The van der Waals surface area contributed by atoms with Gasteiger partial charge in [0.25, 0.3) is 5.91 Å². The van der Waals surface area contributed by atoms with E-state index in [0.29, 0.717) is 0 Å². The lowest BCUT2D eigenvalue weighted by Crippen LogP contribution is -2.37. The molecule has 0 unspecified atom stereocenters. The Morgan fingerprint density at radius 2 is 1.87 bits per heavy atom. The maximum atomic E-state index is 11.9. The molecule has 0 aromatic heterocycles. The van der Waals surface area contributed by atoms with Crippen molar-refractivity contribution in [3.05, 3.63) is 29.8 Å². The van der Waals surface area contributed by atoms with Crippen molar-refractivity contribution in [3.8, 4) is 0 Å². The van der Waals surface area contributed by atoms with Gasteiger partial charge in [0.2, 0.25) is 0 Å². The molecule has 1 saturated carbocycles. The van der Waals surface area contributed by atoms with Crippen molar-refractivity contribution in [1.29, 1.82) is 0 Å². The lowest BCUT2D eigenvalue weighted by Gasteiger charge is -2.16. The van der Waals surface area contributed by atoms with Gasteiger partial charge < -0.3 is 10.1 Å². The molecule has 0 radical (unpaired) electrons. The first kappa shape index (κ1) is 17.9. The van der Waals surface area contributed by atoms with Crippen LogP contribution in [-0.2, 0) is 14.3 Å². The van der Waals surface area contributed by atoms with Crippen LogP contribution in [0.4, 0.5) is 0 Å². The number of hydrogen-bond donors (Lipinski definition) is 1. The van der Waals surface area contributed by atoms with Crippen molar-refractivity contribution in [2.24, 2.45) is 0 Å². The fourth-order valence-corrected chi connectivity index (χ4v) is 3.56. The second-order valence-electron chi connectivity index (χ2n) is 5.97. The first-order chi connectivity index (χ1) is 11.1. The lowest BCUT2D eigenvalue weighted by molar-refractivity contribution is -0.146. The molecule has 0 spiro atoms. The van der Waals surface area contributed by atoms with Crippen LogP contribution in [0.25, 0.3) is 0 Å². The lowest BCUT2D eigenvalue weighted by atomic mass is 10.1. The van der Waals surface area contributed by atoms with Gasteiger partial charge >= 0.3 is 5.97 Å². The van der Waals surface area contributed by atoms with Crippen LogP contribution in [-0.4, -0.2) is 30.3 Å². The molecule has 0 saturated heterocycles. The monoisotopic (exact) mass is 335 g/mol. The number of hydrogen-bond acceptors (Lipinski definition) is 4. The van der Waals surface area contributed by atoms with Gasteiger partial charge in [-0.05, 0) is 31.4 Å². The van der Waals surface area contributed by atoms with Crippen LogP contribution in [0.15, 0.2) is 29.2 Å². The zero-order valence-electron chi connectivity index (χ0n) is 13.7. The summed E-state index contributed by atoms with van der Waals surface area (Å²) in [5, 5.41) is 2.97. The Balaban J connectivity index is 1.65. The van der Waals surface area contributed by atoms with E-state index in [-0.39, 0.29) is 30.3 Å². The summed E-state index contributed by atoms with van der Waals surface area (Å²) in [6, 6.07) is 8.14. The number of thioether (sulfide) groups is 1. The van der Waals surface area contributed by atoms with Gasteiger partial charge in [-0.1, -0.05) is 43.9 Å². The fourth-order valence-electron chi connectivity index (χ4n) is 2.74. The predicted molar refractivity (Wildman–Crippen MR) is 92.5 cm³/mol. The van der Waals surface area contributed by atoms with Crippen molar-refractivity contribution in [1.82, 2.24) is 5.32 Å². The van der Waals surface area contributed by atoms with Crippen molar-refractivity contribution in [3.63, 3.8) is 0 Å². The molecule has 1 aromatic rings. The summed E-state index contributed by atoms with van der Waals surface area (Å²) in [6.45, 7) is 1.83. The van der Waals surface area contributed by atoms with Crippen molar-refractivity contribution in [2.45, 2.75) is 56.4 Å². The number of carbonyl (C=O) groups excluding carboxylic acids is 2. The molecule has 4 nitrogen and oxygen atoms in total. The molecule has 1 aliphatic rings. The van der Waals surface area contributed by atoms with E-state index in [2.05, 4.69) is 5.32 Å². The Hall–Kier alpha value is -1.49. The van der Waals surface area contributed by atoms with E-state index in [0.717, 1.165) is 36.1 Å². The first-order valence-corrected chi connectivity index (χ1v) is 9.27. The number of esters is 1. The third-order valence-corrected chi connectivity index (χ3v) is 5.17. The van der Waals surface area contributed by atoms with Gasteiger partial charge in [-0.3, -0.25) is 9.59 Å². The topological polar surface area (TPSA) is 55.4 Å². The van der Waals surface area contributed by atoms with Gasteiger partial charge in [-0.2, -0.15) is 0 Å². The van der Waals surface area contributed by atoms with E-state index in [1.54, 1.807) is 0 Å². The molecular formula is C18H25NO3S. The highest BCUT2D eigenvalue weighted by Gasteiger charge is 2.16. The smallest absolute Gasteiger partial charge is 0.316 e. The van der Waals surface area contributed by atoms with E-state index in [1.807, 2.05) is 31.2 Å². The summed E-state index contributed by atoms with van der Waals surface area (Å²) >= 11 is 1.44. The third kappa shape index (κ3) is 6.65. The van der Waals surface area contributed by atoms with Crippen LogP contribution in [0.3, 0.4) is 0 Å². The summed E-state index contributed by atoms with van der Waals surface area (Å²) in [5.74, 6) is -0.318. The van der Waals surface area contributed by atoms with Crippen molar-refractivity contribution < 1.29 is 14.3 Å². The van der Waals surface area contributed by atoms with E-state index >= 15 is 0 Å². The fraction of sp³-hybridized carbons (Fsp3) is 0.556. The highest BCUT2D eigenvalue weighted by molar-refractivity contribution is 8.00. The zero-order valence-corrected chi connectivity index (χ0v) is 14.5. The van der Waals surface area contributed by atoms with Gasteiger partial charge in [-0.25, -0.2) is 0 Å². The van der Waals surface area contributed by atoms with Crippen LogP contribution >= 0.6 is 11.8 Å². The SMILES string of the molecule is Cc1ccccc1SCC(=O)OCC(=O)NC1CCCCCC1. The molecule has 0 aliphatic heterocycles. The second kappa shape index (κ2) is 9.60. The highest BCUT2D eigenvalue weighted by atomic mass is 32.2. The average Bonchev–Trinajstić information content (AvgIpc) is 2.81. The summed E-state index contributed by atoms with van der Waals surface area (Å²) in [4.78, 5) is 24.7. The van der Waals surface area contributed by atoms with E-state index < -0.39 is 0 Å². The molecule has 1 aromatic carbocycles. The molecule has 5 heteroatoms. The van der Waals surface area contributed by atoms with E-state index in [4.69, 9.17) is 4.74 Å². The van der Waals surface area contributed by atoms with Crippen LogP contribution in [0.1, 0.15) is 44.1 Å². The molecule has 0 atom stereocenters. The van der Waals surface area contributed by atoms with Gasteiger partial charge in [0.15, 0.2) is 6.61 Å². The summed E-state index contributed by atoms with van der Waals surface area (Å²) in [6.07, 6.45) is 6.89. The minimum Gasteiger partial charge on any atom is -0.455 e. The maximum Gasteiger partial charge on any atom is 0.316 e. The summed E-state index contributed by atoms with van der Waals surface area (Å²) < 4.78 is 5.07. The number of nitrogens with one attached hydrogen (secondary N) is 1. The van der Waals surface area contributed by atoms with Gasteiger partial charge in [0, 0.05) is 10.9 Å². The minimum absolute atomic E-state index is 0.177. The molecular weight excluding hydrogens is 310 g/mol. The Morgan fingerprint density at radius 1 is 1.17 bits per heavy atom. The number of amides is 1. The van der Waals surface area contributed by atoms with Gasteiger partial charge in [-0.15, -0.1) is 11.8 Å². The van der Waals surface area contributed by atoms with Crippen LogP contribution < -0.4 is 5.32 Å².